The number of rotatable bonds is 5. The van der Waals surface area contributed by atoms with E-state index in [0.717, 1.165) is 17.2 Å². The Labute approximate surface area is 133 Å². The molecule has 4 nitrogen and oxygen atoms in total. The van der Waals surface area contributed by atoms with E-state index in [4.69, 9.17) is 0 Å². The summed E-state index contributed by atoms with van der Waals surface area (Å²) in [6.45, 7) is 0.973. The summed E-state index contributed by atoms with van der Waals surface area (Å²) in [5.74, 6) is -0.430. The molecule has 0 atom stereocenters. The summed E-state index contributed by atoms with van der Waals surface area (Å²) in [4.78, 5) is 30.3. The fraction of sp³-hybridized carbons (Fsp3) is 0.235. The van der Waals surface area contributed by atoms with Crippen LogP contribution in [0.2, 0.25) is 0 Å². The Balaban J connectivity index is 1.89. The van der Waals surface area contributed by atoms with Crippen LogP contribution in [0.5, 0.6) is 0 Å². The van der Waals surface area contributed by atoms with Crippen LogP contribution >= 0.6 is 12.2 Å². The molecule has 0 aromatic heterocycles. The average Bonchev–Trinajstić information content (AvgIpc) is 2.55. The van der Waals surface area contributed by atoms with Gasteiger partial charge in [0.25, 0.3) is 11.8 Å². The number of unbranched alkanes of at least 4 members (excludes halogenated alkanes) is 1. The van der Waals surface area contributed by atoms with Crippen molar-refractivity contribution in [1.29, 1.82) is 0 Å². The van der Waals surface area contributed by atoms with Crippen LogP contribution in [0.3, 0.4) is 0 Å². The molecule has 1 aliphatic heterocycles. The Morgan fingerprint density at radius 1 is 1.00 bits per heavy atom. The van der Waals surface area contributed by atoms with E-state index in [1.807, 2.05) is 24.3 Å². The number of carbonyl (C=O) groups is 2. The van der Waals surface area contributed by atoms with Gasteiger partial charge in [0, 0.05) is 29.6 Å². The van der Waals surface area contributed by atoms with Crippen LogP contribution in [0.25, 0.3) is 10.8 Å². The fourth-order valence-electron chi connectivity index (χ4n) is 2.79. The zero-order chi connectivity index (χ0) is 15.5. The van der Waals surface area contributed by atoms with Crippen molar-refractivity contribution in [2.45, 2.75) is 12.8 Å². The number of imide groups is 1. The van der Waals surface area contributed by atoms with Crippen LogP contribution in [0.4, 0.5) is 0 Å². The van der Waals surface area contributed by atoms with Crippen LogP contribution < -0.4 is 0 Å². The van der Waals surface area contributed by atoms with E-state index < -0.39 is 0 Å². The van der Waals surface area contributed by atoms with Gasteiger partial charge in [-0.05, 0) is 42.6 Å². The molecule has 3 rings (SSSR count). The summed E-state index contributed by atoms with van der Waals surface area (Å²) in [5, 5.41) is 4.00. The van der Waals surface area contributed by atoms with E-state index in [-0.39, 0.29) is 11.8 Å². The molecular formula is C17H14N2O2S. The molecule has 0 N–H and O–H groups in total. The lowest BCUT2D eigenvalue weighted by Crippen LogP contribution is -2.40. The minimum atomic E-state index is -0.215. The average molecular weight is 310 g/mol. The molecule has 2 amide bonds. The number of hydrogen-bond donors (Lipinski definition) is 0. The van der Waals surface area contributed by atoms with E-state index >= 15 is 0 Å². The van der Waals surface area contributed by atoms with Gasteiger partial charge in [-0.15, -0.1) is 0 Å². The Kier molecular flexibility index (Phi) is 4.09. The number of isothiocyanates is 1. The van der Waals surface area contributed by atoms with Crippen molar-refractivity contribution < 1.29 is 9.59 Å². The minimum Gasteiger partial charge on any atom is -0.274 e. The summed E-state index contributed by atoms with van der Waals surface area (Å²) >= 11 is 4.51. The molecule has 22 heavy (non-hydrogen) atoms. The number of amides is 2. The predicted octanol–water partition coefficient (Wildman–Crippen LogP) is 3.32. The quantitative estimate of drug-likeness (QED) is 0.368. The first kappa shape index (κ1) is 14.6. The second-order valence-corrected chi connectivity index (χ2v) is 5.33. The lowest BCUT2D eigenvalue weighted by atomic mass is 9.94. The molecule has 2 aromatic carbocycles. The molecule has 0 saturated heterocycles. The van der Waals surface area contributed by atoms with Crippen molar-refractivity contribution in [3.8, 4) is 0 Å². The van der Waals surface area contributed by atoms with Crippen molar-refractivity contribution in [1.82, 2.24) is 4.90 Å². The maximum Gasteiger partial charge on any atom is 0.261 e. The maximum absolute atomic E-state index is 12.6. The molecule has 5 heteroatoms. The van der Waals surface area contributed by atoms with E-state index in [1.54, 1.807) is 12.1 Å². The highest BCUT2D eigenvalue weighted by molar-refractivity contribution is 7.78. The SMILES string of the molecule is O=C1c2cccc3cccc(c23)C(=O)N1CCCCN=C=S. The van der Waals surface area contributed by atoms with Gasteiger partial charge in [-0.3, -0.25) is 14.5 Å². The van der Waals surface area contributed by atoms with Crippen molar-refractivity contribution in [3.05, 3.63) is 47.5 Å². The van der Waals surface area contributed by atoms with E-state index in [0.29, 0.717) is 30.6 Å². The number of aliphatic imine (C=N–C) groups is 1. The summed E-state index contributed by atoms with van der Waals surface area (Å²) < 4.78 is 0. The monoisotopic (exact) mass is 310 g/mol. The van der Waals surface area contributed by atoms with Gasteiger partial charge < -0.3 is 0 Å². The summed E-state index contributed by atoms with van der Waals surface area (Å²) in [5.41, 5.74) is 1.20. The Morgan fingerprint density at radius 2 is 1.64 bits per heavy atom. The van der Waals surface area contributed by atoms with E-state index in [2.05, 4.69) is 22.4 Å². The minimum absolute atomic E-state index is 0.215. The molecule has 0 bridgehead atoms. The predicted molar refractivity (Wildman–Crippen MR) is 88.4 cm³/mol. The van der Waals surface area contributed by atoms with Crippen LogP contribution in [-0.4, -0.2) is 35.0 Å². The Hall–Kier alpha value is -2.36. The topological polar surface area (TPSA) is 49.7 Å². The van der Waals surface area contributed by atoms with Gasteiger partial charge in [0.2, 0.25) is 0 Å². The second kappa shape index (κ2) is 6.18. The maximum atomic E-state index is 12.6. The second-order valence-electron chi connectivity index (χ2n) is 5.15. The molecular weight excluding hydrogens is 296 g/mol. The zero-order valence-electron chi connectivity index (χ0n) is 11.9. The number of benzene rings is 2. The van der Waals surface area contributed by atoms with Gasteiger partial charge in [-0.25, -0.2) is 4.99 Å². The van der Waals surface area contributed by atoms with Crippen molar-refractivity contribution in [2.24, 2.45) is 4.99 Å². The van der Waals surface area contributed by atoms with E-state index in [9.17, 15) is 9.59 Å². The van der Waals surface area contributed by atoms with E-state index in [1.165, 1.54) is 4.90 Å². The first-order valence-corrected chi connectivity index (χ1v) is 7.56. The Bertz CT molecular complexity index is 759. The molecule has 0 unspecified atom stereocenters. The van der Waals surface area contributed by atoms with Crippen LogP contribution in [-0.2, 0) is 0 Å². The van der Waals surface area contributed by atoms with Crippen LogP contribution in [0.1, 0.15) is 33.6 Å². The number of thiocarbonyl (C=S) groups is 1. The molecule has 0 spiro atoms. The number of hydrogen-bond acceptors (Lipinski definition) is 4. The largest absolute Gasteiger partial charge is 0.274 e. The molecule has 110 valence electrons. The van der Waals surface area contributed by atoms with Gasteiger partial charge >= 0.3 is 0 Å². The molecule has 0 aliphatic carbocycles. The molecule has 0 fully saturated rings. The summed E-state index contributed by atoms with van der Waals surface area (Å²) in [6, 6.07) is 11.1. The third kappa shape index (κ3) is 2.45. The molecule has 1 aliphatic rings. The highest BCUT2D eigenvalue weighted by Crippen LogP contribution is 2.29. The van der Waals surface area contributed by atoms with Gasteiger partial charge in [0.1, 0.15) is 0 Å². The van der Waals surface area contributed by atoms with Crippen molar-refractivity contribution in [3.63, 3.8) is 0 Å². The standard InChI is InChI=1S/C17H14N2O2S/c20-16-13-7-3-5-12-6-4-8-14(15(12)13)17(21)19(16)10-2-1-9-18-11-22/h3-8H,1-2,9-10H2. The van der Waals surface area contributed by atoms with Crippen LogP contribution in [0, 0.1) is 0 Å². The fourth-order valence-corrected chi connectivity index (χ4v) is 2.88. The number of carbonyl (C=O) groups excluding carboxylic acids is 2. The first-order valence-electron chi connectivity index (χ1n) is 7.15. The van der Waals surface area contributed by atoms with Gasteiger partial charge in [-0.2, -0.15) is 0 Å². The smallest absolute Gasteiger partial charge is 0.261 e. The van der Waals surface area contributed by atoms with Crippen molar-refractivity contribution >= 4 is 40.0 Å². The summed E-state index contributed by atoms with van der Waals surface area (Å²) in [7, 11) is 0. The summed E-state index contributed by atoms with van der Waals surface area (Å²) in [6.07, 6.45) is 1.47. The lowest BCUT2D eigenvalue weighted by molar-refractivity contribution is 0.0608. The van der Waals surface area contributed by atoms with Crippen LogP contribution in [0.15, 0.2) is 41.4 Å². The first-order chi connectivity index (χ1) is 10.7. The molecule has 1 heterocycles. The van der Waals surface area contributed by atoms with Crippen molar-refractivity contribution in [2.75, 3.05) is 13.1 Å². The van der Waals surface area contributed by atoms with Gasteiger partial charge in [0.15, 0.2) is 0 Å². The molecule has 0 saturated carbocycles. The molecule has 0 radical (unpaired) electrons. The Morgan fingerprint density at radius 3 is 2.23 bits per heavy atom. The zero-order valence-corrected chi connectivity index (χ0v) is 12.7. The normalized spacial score (nSPS) is 13.4. The third-order valence-corrected chi connectivity index (χ3v) is 3.95. The highest BCUT2D eigenvalue weighted by Gasteiger charge is 2.31. The lowest BCUT2D eigenvalue weighted by Gasteiger charge is -2.27. The number of nitrogens with zero attached hydrogens (tertiary/aromatic N) is 2. The molecule has 2 aromatic rings. The third-order valence-electron chi connectivity index (χ3n) is 3.82. The highest BCUT2D eigenvalue weighted by atomic mass is 32.1. The van der Waals surface area contributed by atoms with Gasteiger partial charge in [-0.1, -0.05) is 24.3 Å². The van der Waals surface area contributed by atoms with Gasteiger partial charge in [0.05, 0.1) is 5.16 Å².